The maximum atomic E-state index is 12.5. The van der Waals surface area contributed by atoms with E-state index >= 15 is 0 Å². The number of nitrogens with zero attached hydrogens (tertiary/aromatic N) is 1. The lowest BCUT2D eigenvalue weighted by atomic mass is 10.2. The largest absolute Gasteiger partial charge is 0.433 e. The van der Waals surface area contributed by atoms with Gasteiger partial charge in [-0.1, -0.05) is 0 Å². The molecule has 0 fully saturated rings. The molecule has 1 rings (SSSR count). The maximum absolute atomic E-state index is 12.5. The summed E-state index contributed by atoms with van der Waals surface area (Å²) in [5, 5.41) is 0. The van der Waals surface area contributed by atoms with Gasteiger partial charge in [0, 0.05) is 16.9 Å². The number of hydrogen-bond acceptors (Lipinski definition) is 3. The molecule has 0 spiro atoms. The zero-order valence-corrected chi connectivity index (χ0v) is 9.24. The summed E-state index contributed by atoms with van der Waals surface area (Å²) in [6, 6.07) is 0.485. The van der Waals surface area contributed by atoms with E-state index in [-0.39, 0.29) is 0 Å². The fourth-order valence-electron chi connectivity index (χ4n) is 1.10. The van der Waals surface area contributed by atoms with Crippen LogP contribution in [0.25, 0.3) is 0 Å². The Balaban J connectivity index is 3.67. The van der Waals surface area contributed by atoms with E-state index in [1.165, 1.54) is 0 Å². The van der Waals surface area contributed by atoms with Crippen LogP contribution in [0, 0.1) is 0 Å². The Morgan fingerprint density at radius 2 is 1.82 bits per heavy atom. The summed E-state index contributed by atoms with van der Waals surface area (Å²) in [6.45, 7) is 0. The molecule has 17 heavy (non-hydrogen) atoms. The molecule has 0 N–H and O–H groups in total. The van der Waals surface area contributed by atoms with Crippen molar-refractivity contribution in [2.24, 2.45) is 0 Å². The van der Waals surface area contributed by atoms with Crippen LogP contribution in [0.5, 0.6) is 0 Å². The molecular weight excluding hydrogens is 293 g/mol. The SMILES string of the molecule is O=S(=O)(Cl)c1ccnc(C(F)(F)F)c1C(F)F. The van der Waals surface area contributed by atoms with E-state index in [0.717, 1.165) is 0 Å². The van der Waals surface area contributed by atoms with Gasteiger partial charge in [-0.05, 0) is 6.07 Å². The molecule has 0 aromatic carbocycles. The molecular formula is C7H3ClF5NO2S. The topological polar surface area (TPSA) is 47.0 Å². The second-order valence-corrected chi connectivity index (χ2v) is 5.34. The lowest BCUT2D eigenvalue weighted by Gasteiger charge is -2.13. The van der Waals surface area contributed by atoms with Crippen LogP contribution >= 0.6 is 10.7 Å². The van der Waals surface area contributed by atoms with E-state index < -0.39 is 37.8 Å². The van der Waals surface area contributed by atoms with Gasteiger partial charge in [-0.15, -0.1) is 0 Å². The Labute approximate surface area is 96.6 Å². The first-order valence-electron chi connectivity index (χ1n) is 3.84. The predicted octanol–water partition coefficient (Wildman–Crippen LogP) is 2.97. The van der Waals surface area contributed by atoms with Crippen LogP contribution in [0.3, 0.4) is 0 Å². The minimum Gasteiger partial charge on any atom is -0.251 e. The second kappa shape index (κ2) is 4.37. The van der Waals surface area contributed by atoms with Gasteiger partial charge in [0.05, 0.1) is 10.5 Å². The lowest BCUT2D eigenvalue weighted by molar-refractivity contribution is -0.143. The molecule has 96 valence electrons. The normalized spacial score (nSPS) is 13.1. The molecule has 0 saturated carbocycles. The Kier molecular flexibility index (Phi) is 3.63. The Morgan fingerprint density at radius 3 is 2.18 bits per heavy atom. The van der Waals surface area contributed by atoms with Crippen molar-refractivity contribution in [1.82, 2.24) is 4.98 Å². The average Bonchev–Trinajstić information content (AvgIpc) is 2.13. The summed E-state index contributed by atoms with van der Waals surface area (Å²) in [5.41, 5.74) is -3.70. The summed E-state index contributed by atoms with van der Waals surface area (Å²) < 4.78 is 83.7. The van der Waals surface area contributed by atoms with Crippen LogP contribution < -0.4 is 0 Å². The molecule has 0 aliphatic heterocycles. The monoisotopic (exact) mass is 295 g/mol. The molecule has 0 atom stereocenters. The van der Waals surface area contributed by atoms with Crippen molar-refractivity contribution in [3.05, 3.63) is 23.5 Å². The van der Waals surface area contributed by atoms with Crippen LogP contribution in [-0.4, -0.2) is 13.4 Å². The van der Waals surface area contributed by atoms with E-state index in [1.807, 2.05) is 0 Å². The second-order valence-electron chi connectivity index (χ2n) is 2.81. The Morgan fingerprint density at radius 1 is 1.29 bits per heavy atom. The van der Waals surface area contributed by atoms with Gasteiger partial charge < -0.3 is 0 Å². The van der Waals surface area contributed by atoms with Gasteiger partial charge in [0.25, 0.3) is 15.5 Å². The quantitative estimate of drug-likeness (QED) is 0.622. The molecule has 10 heteroatoms. The number of hydrogen-bond donors (Lipinski definition) is 0. The molecule has 1 aromatic rings. The van der Waals surface area contributed by atoms with E-state index in [9.17, 15) is 30.4 Å². The summed E-state index contributed by atoms with van der Waals surface area (Å²) in [6.07, 6.45) is -8.41. The number of halogens is 6. The number of alkyl halides is 5. The molecule has 0 saturated heterocycles. The van der Waals surface area contributed by atoms with Gasteiger partial charge >= 0.3 is 6.18 Å². The molecule has 3 nitrogen and oxygen atoms in total. The highest BCUT2D eigenvalue weighted by atomic mass is 35.7. The maximum Gasteiger partial charge on any atom is 0.433 e. The molecule has 0 aliphatic rings. The van der Waals surface area contributed by atoms with Crippen molar-refractivity contribution in [1.29, 1.82) is 0 Å². The summed E-state index contributed by atoms with van der Waals surface area (Å²) in [7, 11) is 0.0646. The minimum atomic E-state index is -5.19. The van der Waals surface area contributed by atoms with Crippen LogP contribution in [0.15, 0.2) is 17.2 Å². The summed E-state index contributed by atoms with van der Waals surface area (Å²) in [4.78, 5) is 1.42. The third kappa shape index (κ3) is 3.03. The first-order valence-corrected chi connectivity index (χ1v) is 6.15. The molecule has 1 heterocycles. The summed E-state index contributed by atoms with van der Waals surface area (Å²) in [5.74, 6) is 0. The predicted molar refractivity (Wildman–Crippen MR) is 47.2 cm³/mol. The zero-order chi connectivity index (χ0) is 13.4. The number of pyridine rings is 1. The van der Waals surface area contributed by atoms with Crippen molar-refractivity contribution < 1.29 is 30.4 Å². The molecule has 0 radical (unpaired) electrons. The highest BCUT2D eigenvalue weighted by Crippen LogP contribution is 2.38. The van der Waals surface area contributed by atoms with Crippen LogP contribution in [0.4, 0.5) is 22.0 Å². The molecule has 0 unspecified atom stereocenters. The van der Waals surface area contributed by atoms with Crippen molar-refractivity contribution in [2.75, 3.05) is 0 Å². The Bertz CT molecular complexity index is 528. The van der Waals surface area contributed by atoms with Gasteiger partial charge in [0.15, 0.2) is 5.69 Å². The van der Waals surface area contributed by atoms with Crippen molar-refractivity contribution >= 4 is 19.7 Å². The number of aromatic nitrogens is 1. The van der Waals surface area contributed by atoms with Crippen LogP contribution in [0.1, 0.15) is 17.7 Å². The Hall–Kier alpha value is -0.960. The fourth-order valence-corrected chi connectivity index (χ4v) is 2.18. The van der Waals surface area contributed by atoms with E-state index in [2.05, 4.69) is 4.98 Å². The van der Waals surface area contributed by atoms with Crippen molar-refractivity contribution in [3.8, 4) is 0 Å². The van der Waals surface area contributed by atoms with Gasteiger partial charge in [0.2, 0.25) is 0 Å². The molecule has 0 amide bonds. The standard InChI is InChI=1S/C7H3ClF5NO2S/c8-17(15,16)3-1-2-14-5(7(11,12)13)4(3)6(9)10/h1-2,6H. The molecule has 1 aromatic heterocycles. The molecule has 0 aliphatic carbocycles. The average molecular weight is 296 g/mol. The van der Waals surface area contributed by atoms with E-state index in [0.29, 0.717) is 12.3 Å². The smallest absolute Gasteiger partial charge is 0.251 e. The first kappa shape index (κ1) is 14.1. The lowest BCUT2D eigenvalue weighted by Crippen LogP contribution is -2.15. The first-order chi connectivity index (χ1) is 7.55. The van der Waals surface area contributed by atoms with Crippen molar-refractivity contribution in [3.63, 3.8) is 0 Å². The highest BCUT2D eigenvalue weighted by Gasteiger charge is 2.40. The third-order valence-corrected chi connectivity index (χ3v) is 3.08. The summed E-state index contributed by atoms with van der Waals surface area (Å²) >= 11 is 0. The zero-order valence-electron chi connectivity index (χ0n) is 7.67. The van der Waals surface area contributed by atoms with Gasteiger partial charge in [-0.2, -0.15) is 13.2 Å². The van der Waals surface area contributed by atoms with E-state index in [4.69, 9.17) is 10.7 Å². The van der Waals surface area contributed by atoms with E-state index in [1.54, 1.807) is 0 Å². The molecule has 0 bridgehead atoms. The minimum absolute atomic E-state index is 0.448. The van der Waals surface area contributed by atoms with Crippen molar-refractivity contribution in [2.45, 2.75) is 17.5 Å². The van der Waals surface area contributed by atoms with Gasteiger partial charge in [0.1, 0.15) is 0 Å². The third-order valence-electron chi connectivity index (χ3n) is 1.70. The fraction of sp³-hybridized carbons (Fsp3) is 0.286. The van der Waals surface area contributed by atoms with Gasteiger partial charge in [-0.25, -0.2) is 17.2 Å². The number of rotatable bonds is 2. The van der Waals surface area contributed by atoms with Gasteiger partial charge in [-0.3, -0.25) is 4.98 Å². The highest BCUT2D eigenvalue weighted by molar-refractivity contribution is 8.13. The van der Waals surface area contributed by atoms with Crippen LogP contribution in [-0.2, 0) is 15.2 Å². The van der Waals surface area contributed by atoms with Crippen LogP contribution in [0.2, 0.25) is 0 Å².